The molecule has 2 N–H and O–H groups in total. The van der Waals surface area contributed by atoms with Gasteiger partial charge in [-0.1, -0.05) is 30.3 Å². The second-order valence-electron chi connectivity index (χ2n) is 4.94. The maximum absolute atomic E-state index is 4.64. The van der Waals surface area contributed by atoms with E-state index in [2.05, 4.69) is 53.7 Å². The van der Waals surface area contributed by atoms with Gasteiger partial charge in [0.1, 0.15) is 0 Å². The van der Waals surface area contributed by atoms with E-state index in [4.69, 9.17) is 0 Å². The molecule has 1 aliphatic rings. The molecule has 1 aromatic rings. The predicted molar refractivity (Wildman–Crippen MR) is 92.1 cm³/mol. The van der Waals surface area contributed by atoms with Crippen molar-refractivity contribution in [2.75, 3.05) is 13.1 Å². The van der Waals surface area contributed by atoms with Gasteiger partial charge < -0.3 is 10.6 Å². The van der Waals surface area contributed by atoms with E-state index in [-0.39, 0.29) is 30.0 Å². The van der Waals surface area contributed by atoms with Crippen molar-refractivity contribution < 1.29 is 0 Å². The lowest BCUT2D eigenvalue weighted by Gasteiger charge is -2.18. The maximum atomic E-state index is 4.64. The minimum Gasteiger partial charge on any atom is -0.357 e. The number of guanidine groups is 1. The minimum absolute atomic E-state index is 0. The molecule has 0 amide bonds. The highest BCUT2D eigenvalue weighted by Gasteiger charge is 2.20. The van der Waals surface area contributed by atoms with Crippen molar-refractivity contribution in [2.24, 2.45) is 10.9 Å². The topological polar surface area (TPSA) is 36.4 Å². The first-order valence-corrected chi connectivity index (χ1v) is 6.89. The fraction of sp³-hybridized carbons (Fsp3) is 0.533. The summed E-state index contributed by atoms with van der Waals surface area (Å²) in [6.07, 6.45) is 2.69. The van der Waals surface area contributed by atoms with Gasteiger partial charge in [0.15, 0.2) is 5.96 Å². The highest BCUT2D eigenvalue weighted by Crippen LogP contribution is 2.28. The van der Waals surface area contributed by atoms with Crippen molar-refractivity contribution in [3.63, 3.8) is 0 Å². The fourth-order valence-corrected chi connectivity index (χ4v) is 1.87. The van der Waals surface area contributed by atoms with Crippen LogP contribution in [0.5, 0.6) is 0 Å². The molecule has 2 rings (SSSR count). The lowest BCUT2D eigenvalue weighted by atomic mass is 10.1. The van der Waals surface area contributed by atoms with Crippen LogP contribution in [-0.2, 0) is 0 Å². The average molecular weight is 373 g/mol. The molecule has 4 heteroatoms. The summed E-state index contributed by atoms with van der Waals surface area (Å²) in [4.78, 5) is 4.64. The summed E-state index contributed by atoms with van der Waals surface area (Å²) >= 11 is 0. The zero-order valence-electron chi connectivity index (χ0n) is 11.7. The first-order valence-electron chi connectivity index (χ1n) is 6.89. The summed E-state index contributed by atoms with van der Waals surface area (Å²) in [5.41, 5.74) is 1.29. The van der Waals surface area contributed by atoms with Crippen LogP contribution in [0.3, 0.4) is 0 Å². The van der Waals surface area contributed by atoms with Crippen LogP contribution in [0.1, 0.15) is 38.3 Å². The van der Waals surface area contributed by atoms with Crippen molar-refractivity contribution >= 4 is 29.9 Å². The van der Waals surface area contributed by atoms with Crippen LogP contribution < -0.4 is 10.6 Å². The fourth-order valence-electron chi connectivity index (χ4n) is 1.87. The Morgan fingerprint density at radius 3 is 2.58 bits per heavy atom. The van der Waals surface area contributed by atoms with E-state index >= 15 is 0 Å². The standard InChI is InChI=1S/C15H23N3.HI/c1-3-16-15(17-11-13-9-10-13)18-12(2)14-7-5-4-6-8-14;/h4-8,12-13H,3,9-11H2,1-2H3,(H2,16,17,18);1H. The second-order valence-corrected chi connectivity index (χ2v) is 4.94. The van der Waals surface area contributed by atoms with E-state index in [1.54, 1.807) is 0 Å². The molecule has 0 spiro atoms. The molecule has 1 aliphatic carbocycles. The van der Waals surface area contributed by atoms with Crippen LogP contribution >= 0.6 is 24.0 Å². The van der Waals surface area contributed by atoms with Gasteiger partial charge in [-0.2, -0.15) is 0 Å². The zero-order valence-corrected chi connectivity index (χ0v) is 14.1. The van der Waals surface area contributed by atoms with Crippen LogP contribution in [0.4, 0.5) is 0 Å². The zero-order chi connectivity index (χ0) is 12.8. The normalized spacial score (nSPS) is 16.4. The van der Waals surface area contributed by atoms with Crippen molar-refractivity contribution in [1.29, 1.82) is 0 Å². The van der Waals surface area contributed by atoms with E-state index in [1.807, 2.05) is 6.07 Å². The van der Waals surface area contributed by atoms with Gasteiger partial charge in [-0.15, -0.1) is 24.0 Å². The van der Waals surface area contributed by atoms with Gasteiger partial charge in [-0.05, 0) is 38.2 Å². The number of benzene rings is 1. The molecule has 0 aromatic heterocycles. The Labute approximate surface area is 133 Å². The van der Waals surface area contributed by atoms with Gasteiger partial charge in [-0.3, -0.25) is 4.99 Å². The monoisotopic (exact) mass is 373 g/mol. The Kier molecular flexibility index (Phi) is 7.20. The van der Waals surface area contributed by atoms with Crippen molar-refractivity contribution in [1.82, 2.24) is 10.6 Å². The van der Waals surface area contributed by atoms with Gasteiger partial charge in [-0.25, -0.2) is 0 Å². The molecule has 0 radical (unpaired) electrons. The summed E-state index contributed by atoms with van der Waals surface area (Å²) < 4.78 is 0. The van der Waals surface area contributed by atoms with E-state index in [9.17, 15) is 0 Å². The van der Waals surface area contributed by atoms with Gasteiger partial charge in [0.25, 0.3) is 0 Å². The number of hydrogen-bond donors (Lipinski definition) is 2. The van der Waals surface area contributed by atoms with Crippen molar-refractivity contribution in [3.05, 3.63) is 35.9 Å². The SMILES string of the molecule is CCNC(=NCC1CC1)NC(C)c1ccccc1.I. The number of nitrogens with zero attached hydrogens (tertiary/aromatic N) is 1. The number of halogens is 1. The highest BCUT2D eigenvalue weighted by atomic mass is 127. The predicted octanol–water partition coefficient (Wildman–Crippen LogP) is 3.33. The van der Waals surface area contributed by atoms with Gasteiger partial charge in [0.2, 0.25) is 0 Å². The Bertz CT molecular complexity index is 388. The summed E-state index contributed by atoms with van der Waals surface area (Å²) in [6, 6.07) is 10.7. The molecule has 0 aliphatic heterocycles. The molecule has 106 valence electrons. The van der Waals surface area contributed by atoms with Crippen LogP contribution in [0.15, 0.2) is 35.3 Å². The summed E-state index contributed by atoms with van der Waals surface area (Å²) in [5.74, 6) is 1.76. The quantitative estimate of drug-likeness (QED) is 0.472. The van der Waals surface area contributed by atoms with Crippen LogP contribution in [0.2, 0.25) is 0 Å². The molecule has 1 atom stereocenters. The van der Waals surface area contributed by atoms with Crippen LogP contribution in [0, 0.1) is 5.92 Å². The van der Waals surface area contributed by atoms with Crippen molar-refractivity contribution in [3.8, 4) is 0 Å². The molecule has 3 nitrogen and oxygen atoms in total. The lowest BCUT2D eigenvalue weighted by molar-refractivity contribution is 0.682. The number of hydrogen-bond acceptors (Lipinski definition) is 1. The molecule has 1 unspecified atom stereocenters. The molecule has 1 aromatic carbocycles. The Hall–Kier alpha value is -0.780. The highest BCUT2D eigenvalue weighted by molar-refractivity contribution is 14.0. The first kappa shape index (κ1) is 16.3. The minimum atomic E-state index is 0. The molecule has 0 bridgehead atoms. The molecule has 0 heterocycles. The van der Waals surface area contributed by atoms with Gasteiger partial charge >= 0.3 is 0 Å². The molecule has 19 heavy (non-hydrogen) atoms. The van der Waals surface area contributed by atoms with Gasteiger partial charge in [0, 0.05) is 13.1 Å². The van der Waals surface area contributed by atoms with Crippen LogP contribution in [0.25, 0.3) is 0 Å². The van der Waals surface area contributed by atoms with E-state index in [0.29, 0.717) is 0 Å². The second kappa shape index (κ2) is 8.40. The summed E-state index contributed by atoms with van der Waals surface area (Å²) in [5, 5.41) is 6.76. The molecule has 0 saturated heterocycles. The number of rotatable bonds is 5. The Balaban J connectivity index is 0.00000180. The first-order chi connectivity index (χ1) is 8.79. The van der Waals surface area contributed by atoms with E-state index in [0.717, 1.165) is 25.0 Å². The maximum Gasteiger partial charge on any atom is 0.191 e. The van der Waals surface area contributed by atoms with Crippen molar-refractivity contribution in [2.45, 2.75) is 32.7 Å². The number of aliphatic imine (C=N–C) groups is 1. The molecule has 1 fully saturated rings. The molecule has 1 saturated carbocycles. The summed E-state index contributed by atoms with van der Waals surface area (Å²) in [7, 11) is 0. The lowest BCUT2D eigenvalue weighted by Crippen LogP contribution is -2.38. The molecular weight excluding hydrogens is 349 g/mol. The van der Waals surface area contributed by atoms with E-state index in [1.165, 1.54) is 18.4 Å². The molecular formula is C15H24IN3. The third-order valence-corrected chi connectivity index (χ3v) is 3.20. The van der Waals surface area contributed by atoms with Crippen LogP contribution in [-0.4, -0.2) is 19.0 Å². The Morgan fingerprint density at radius 2 is 2.00 bits per heavy atom. The van der Waals surface area contributed by atoms with Gasteiger partial charge in [0.05, 0.1) is 6.04 Å². The largest absolute Gasteiger partial charge is 0.357 e. The number of nitrogens with one attached hydrogen (secondary N) is 2. The Morgan fingerprint density at radius 1 is 1.32 bits per heavy atom. The van der Waals surface area contributed by atoms with E-state index < -0.39 is 0 Å². The average Bonchev–Trinajstić information content (AvgIpc) is 3.21. The third-order valence-electron chi connectivity index (χ3n) is 3.20. The third kappa shape index (κ3) is 5.80. The summed E-state index contributed by atoms with van der Waals surface area (Å²) in [6.45, 7) is 6.12. The smallest absolute Gasteiger partial charge is 0.191 e.